The van der Waals surface area contributed by atoms with Crippen LogP contribution in [0.4, 0.5) is 5.69 Å². The van der Waals surface area contributed by atoms with Gasteiger partial charge in [-0.25, -0.2) is 4.98 Å². The number of aromatic nitrogens is 2. The smallest absolute Gasteiger partial charge is 0.273 e. The number of rotatable bonds is 1. The summed E-state index contributed by atoms with van der Waals surface area (Å²) in [6, 6.07) is 4.09. The molecule has 114 valence electrons. The number of carbonyl (C=O) groups excluding carboxylic acids is 1. The molecule has 2 aromatic rings. The molecule has 0 bridgehead atoms. The molecule has 0 radical (unpaired) electrons. The second-order valence-electron chi connectivity index (χ2n) is 6.24. The minimum Gasteiger partial charge on any atom is -0.372 e. The van der Waals surface area contributed by atoms with Crippen LogP contribution in [0.1, 0.15) is 27.6 Å². The van der Waals surface area contributed by atoms with Gasteiger partial charge in [-0.2, -0.15) is 0 Å². The van der Waals surface area contributed by atoms with E-state index in [0.29, 0.717) is 5.69 Å². The van der Waals surface area contributed by atoms with Crippen molar-refractivity contribution in [1.82, 2.24) is 14.9 Å². The molecule has 0 unspecified atom stereocenters. The first-order valence-electron chi connectivity index (χ1n) is 7.47. The van der Waals surface area contributed by atoms with Gasteiger partial charge in [0.25, 0.3) is 5.91 Å². The van der Waals surface area contributed by atoms with Crippen molar-refractivity contribution in [2.24, 2.45) is 0 Å². The highest BCUT2D eigenvalue weighted by Gasteiger charge is 2.48. The lowest BCUT2D eigenvalue weighted by atomic mass is 9.85. The van der Waals surface area contributed by atoms with Crippen molar-refractivity contribution in [3.05, 3.63) is 40.1 Å². The van der Waals surface area contributed by atoms with E-state index in [0.717, 1.165) is 36.8 Å². The van der Waals surface area contributed by atoms with Crippen LogP contribution >= 0.6 is 11.3 Å². The van der Waals surface area contributed by atoms with E-state index in [4.69, 9.17) is 0 Å². The molecule has 0 aliphatic carbocycles. The van der Waals surface area contributed by atoms with E-state index in [9.17, 15) is 4.79 Å². The van der Waals surface area contributed by atoms with Gasteiger partial charge in [-0.3, -0.25) is 9.78 Å². The topological polar surface area (TPSA) is 49.3 Å². The number of pyridine rings is 1. The van der Waals surface area contributed by atoms with E-state index in [1.54, 1.807) is 0 Å². The zero-order valence-corrected chi connectivity index (χ0v) is 13.6. The number of amides is 1. The zero-order valence-electron chi connectivity index (χ0n) is 12.7. The summed E-state index contributed by atoms with van der Waals surface area (Å²) < 4.78 is 0. The third-order valence-electron chi connectivity index (χ3n) is 4.72. The van der Waals surface area contributed by atoms with Crippen LogP contribution < -0.4 is 4.90 Å². The molecule has 22 heavy (non-hydrogen) atoms. The number of likely N-dealkylation sites (N-methyl/N-ethyl adjacent to an activating group) is 1. The Hall–Kier alpha value is -1.95. The zero-order chi connectivity index (χ0) is 15.3. The molecular formula is C16H18N4OS. The highest BCUT2D eigenvalue weighted by molar-refractivity contribution is 7.09. The van der Waals surface area contributed by atoms with E-state index in [2.05, 4.69) is 28.0 Å². The lowest BCUT2D eigenvalue weighted by Gasteiger charge is -2.24. The van der Waals surface area contributed by atoms with Gasteiger partial charge < -0.3 is 9.80 Å². The molecule has 2 aliphatic rings. The maximum Gasteiger partial charge on any atom is 0.273 e. The SMILES string of the molecule is Cc1nc(C(=O)N2CC[C@@]3(C2)CN(C)c2cccnc23)cs1. The van der Waals surface area contributed by atoms with Gasteiger partial charge >= 0.3 is 0 Å². The number of nitrogens with zero attached hydrogens (tertiary/aromatic N) is 4. The summed E-state index contributed by atoms with van der Waals surface area (Å²) in [5.41, 5.74) is 2.89. The van der Waals surface area contributed by atoms with Crippen LogP contribution in [-0.2, 0) is 5.41 Å². The van der Waals surface area contributed by atoms with Crippen molar-refractivity contribution in [1.29, 1.82) is 0 Å². The van der Waals surface area contributed by atoms with E-state index in [-0.39, 0.29) is 11.3 Å². The van der Waals surface area contributed by atoms with Gasteiger partial charge in [0.05, 0.1) is 21.8 Å². The first-order valence-corrected chi connectivity index (χ1v) is 8.35. The third-order valence-corrected chi connectivity index (χ3v) is 5.49. The van der Waals surface area contributed by atoms with Crippen molar-refractivity contribution in [3.8, 4) is 0 Å². The van der Waals surface area contributed by atoms with E-state index < -0.39 is 0 Å². The Kier molecular flexibility index (Phi) is 2.97. The summed E-state index contributed by atoms with van der Waals surface area (Å²) in [7, 11) is 2.10. The molecule has 0 aromatic carbocycles. The lowest BCUT2D eigenvalue weighted by Crippen LogP contribution is -2.37. The van der Waals surface area contributed by atoms with Crippen LogP contribution in [0.2, 0.25) is 0 Å². The molecule has 5 nitrogen and oxygen atoms in total. The lowest BCUT2D eigenvalue weighted by molar-refractivity contribution is 0.0779. The van der Waals surface area contributed by atoms with Crippen molar-refractivity contribution in [2.45, 2.75) is 18.8 Å². The summed E-state index contributed by atoms with van der Waals surface area (Å²) in [4.78, 5) is 25.8. The van der Waals surface area contributed by atoms with Gasteiger partial charge in [0, 0.05) is 38.3 Å². The first kappa shape index (κ1) is 13.7. The Balaban J connectivity index is 1.62. The van der Waals surface area contributed by atoms with Crippen LogP contribution in [0.5, 0.6) is 0 Å². The fourth-order valence-corrected chi connectivity index (χ4v) is 4.31. The fourth-order valence-electron chi connectivity index (χ4n) is 3.72. The summed E-state index contributed by atoms with van der Waals surface area (Å²) in [6.45, 7) is 4.37. The van der Waals surface area contributed by atoms with Crippen molar-refractivity contribution in [3.63, 3.8) is 0 Å². The predicted octanol–water partition coefficient (Wildman–Crippen LogP) is 2.08. The Morgan fingerprint density at radius 2 is 2.27 bits per heavy atom. The minimum absolute atomic E-state index is 0.0218. The highest BCUT2D eigenvalue weighted by Crippen LogP contribution is 2.44. The number of likely N-dealkylation sites (tertiary alicyclic amines) is 1. The second-order valence-corrected chi connectivity index (χ2v) is 7.30. The van der Waals surface area contributed by atoms with Crippen LogP contribution in [0.3, 0.4) is 0 Å². The van der Waals surface area contributed by atoms with Crippen LogP contribution in [-0.4, -0.2) is 47.5 Å². The quantitative estimate of drug-likeness (QED) is 0.808. The molecule has 1 amide bonds. The Morgan fingerprint density at radius 1 is 1.41 bits per heavy atom. The maximum atomic E-state index is 12.6. The molecule has 4 rings (SSSR count). The number of aryl methyl sites for hydroxylation is 1. The van der Waals surface area contributed by atoms with Crippen molar-refractivity contribution in [2.75, 3.05) is 31.6 Å². The molecule has 1 atom stereocenters. The average molecular weight is 314 g/mol. The van der Waals surface area contributed by atoms with E-state index in [1.807, 2.05) is 29.5 Å². The number of thiazole rings is 1. The predicted molar refractivity (Wildman–Crippen MR) is 86.6 cm³/mol. The normalized spacial score (nSPS) is 23.4. The Morgan fingerprint density at radius 3 is 3.05 bits per heavy atom. The number of carbonyl (C=O) groups is 1. The maximum absolute atomic E-state index is 12.6. The van der Waals surface area contributed by atoms with Crippen LogP contribution in [0.15, 0.2) is 23.7 Å². The van der Waals surface area contributed by atoms with Gasteiger partial charge in [-0.15, -0.1) is 11.3 Å². The molecular weight excluding hydrogens is 296 g/mol. The average Bonchev–Trinajstić information content (AvgIpc) is 3.20. The summed E-state index contributed by atoms with van der Waals surface area (Å²) >= 11 is 1.53. The number of fused-ring (bicyclic) bond motifs is 2. The first-order chi connectivity index (χ1) is 10.6. The van der Waals surface area contributed by atoms with Crippen LogP contribution in [0, 0.1) is 6.92 Å². The van der Waals surface area contributed by atoms with Crippen LogP contribution in [0.25, 0.3) is 0 Å². The molecule has 2 aliphatic heterocycles. The number of hydrogen-bond donors (Lipinski definition) is 0. The van der Waals surface area contributed by atoms with Gasteiger partial charge in [-0.1, -0.05) is 0 Å². The number of anilines is 1. The Bertz CT molecular complexity index is 743. The van der Waals surface area contributed by atoms with E-state index >= 15 is 0 Å². The van der Waals surface area contributed by atoms with Crippen molar-refractivity contribution >= 4 is 22.9 Å². The van der Waals surface area contributed by atoms with Gasteiger partial charge in [-0.05, 0) is 25.5 Å². The molecule has 1 saturated heterocycles. The molecule has 0 saturated carbocycles. The molecule has 0 N–H and O–H groups in total. The van der Waals surface area contributed by atoms with E-state index in [1.165, 1.54) is 17.0 Å². The molecule has 4 heterocycles. The minimum atomic E-state index is -0.0218. The largest absolute Gasteiger partial charge is 0.372 e. The fraction of sp³-hybridized carbons (Fsp3) is 0.438. The summed E-state index contributed by atoms with van der Waals surface area (Å²) in [6.07, 6.45) is 2.82. The Labute approximate surface area is 133 Å². The third kappa shape index (κ3) is 1.94. The summed E-state index contributed by atoms with van der Waals surface area (Å²) in [5.74, 6) is 0.0493. The molecule has 1 spiro atoms. The standard InChI is InChI=1S/C16H18N4OS/c1-11-18-12(8-22-11)15(21)20-7-5-16(10-20)9-19(2)13-4-3-6-17-14(13)16/h3-4,6,8H,5,7,9-10H2,1-2H3/t16-/m0/s1. The van der Waals surface area contributed by atoms with Gasteiger partial charge in [0.2, 0.25) is 0 Å². The number of hydrogen-bond acceptors (Lipinski definition) is 5. The summed E-state index contributed by atoms with van der Waals surface area (Å²) in [5, 5.41) is 2.79. The molecule has 6 heteroatoms. The van der Waals surface area contributed by atoms with Gasteiger partial charge in [0.15, 0.2) is 0 Å². The highest BCUT2D eigenvalue weighted by atomic mass is 32.1. The van der Waals surface area contributed by atoms with Crippen molar-refractivity contribution < 1.29 is 4.79 Å². The second kappa shape index (κ2) is 4.78. The monoisotopic (exact) mass is 314 g/mol. The molecule has 2 aromatic heterocycles. The molecule has 1 fully saturated rings. The van der Waals surface area contributed by atoms with Gasteiger partial charge in [0.1, 0.15) is 5.69 Å².